The molecule has 0 atom stereocenters. The molecular weight excluding hydrogens is 636 g/mol. The Morgan fingerprint density at radius 3 is 1.15 bits per heavy atom. The zero-order valence-corrected chi connectivity index (χ0v) is 30.0. The van der Waals surface area contributed by atoms with Crippen LogP contribution in [0.3, 0.4) is 0 Å². The van der Waals surface area contributed by atoms with Gasteiger partial charge in [0.05, 0.1) is 0 Å². The predicted molar refractivity (Wildman–Crippen MR) is 229 cm³/mol. The van der Waals surface area contributed by atoms with Crippen LogP contribution in [0.1, 0.15) is 11.1 Å². The SMILES string of the molecule is Cc1ccc2c(c1)N1c3cc(C)ccc3B(c3cccc(-c4ccccc4)c3)c3cc(-c4ccccc4)cc(c31)B2c1cccc(-c2ccccc2)c1. The number of benzene rings is 8. The van der Waals surface area contributed by atoms with Gasteiger partial charge in [0.2, 0.25) is 13.4 Å². The van der Waals surface area contributed by atoms with E-state index in [0.29, 0.717) is 0 Å². The van der Waals surface area contributed by atoms with Gasteiger partial charge in [-0.3, -0.25) is 0 Å². The minimum atomic E-state index is 0.0468. The minimum absolute atomic E-state index is 0.0468. The lowest BCUT2D eigenvalue weighted by molar-refractivity contribution is 1.28. The molecule has 1 nitrogen and oxygen atoms in total. The molecule has 10 rings (SSSR count). The normalized spacial score (nSPS) is 12.6. The van der Waals surface area contributed by atoms with Crippen LogP contribution in [0.2, 0.25) is 0 Å². The molecule has 8 aromatic rings. The van der Waals surface area contributed by atoms with Gasteiger partial charge in [0.25, 0.3) is 0 Å². The maximum Gasteiger partial charge on any atom is 0.246 e. The van der Waals surface area contributed by atoms with E-state index in [9.17, 15) is 0 Å². The largest absolute Gasteiger partial charge is 0.313 e. The summed E-state index contributed by atoms with van der Waals surface area (Å²) in [5, 5.41) is 0. The lowest BCUT2D eigenvalue weighted by Crippen LogP contribution is -2.65. The predicted octanol–water partition coefficient (Wildman–Crippen LogP) is 8.43. The number of fused-ring (bicyclic) bond motifs is 4. The number of nitrogens with zero attached hydrogens (tertiary/aromatic N) is 1. The van der Waals surface area contributed by atoms with Gasteiger partial charge < -0.3 is 4.90 Å². The van der Waals surface area contributed by atoms with E-state index in [0.717, 1.165) is 0 Å². The van der Waals surface area contributed by atoms with Crippen molar-refractivity contribution in [1.82, 2.24) is 0 Å². The lowest BCUT2D eigenvalue weighted by Gasteiger charge is -2.44. The fraction of sp³-hybridized carbons (Fsp3) is 0.0400. The zero-order chi connectivity index (χ0) is 35.5. The van der Waals surface area contributed by atoms with Gasteiger partial charge in [-0.05, 0) is 92.3 Å². The second-order valence-electron chi connectivity index (χ2n) is 14.7. The highest BCUT2D eigenvalue weighted by Crippen LogP contribution is 2.39. The Morgan fingerprint density at radius 2 is 0.717 bits per heavy atom. The van der Waals surface area contributed by atoms with Crippen molar-refractivity contribution < 1.29 is 0 Å². The topological polar surface area (TPSA) is 3.24 Å². The number of anilines is 3. The van der Waals surface area contributed by atoms with Gasteiger partial charge in [-0.1, -0.05) is 187 Å². The second-order valence-corrected chi connectivity index (χ2v) is 14.7. The van der Waals surface area contributed by atoms with E-state index in [-0.39, 0.29) is 13.4 Å². The van der Waals surface area contributed by atoms with Crippen LogP contribution >= 0.6 is 0 Å². The van der Waals surface area contributed by atoms with Gasteiger partial charge in [-0.25, -0.2) is 0 Å². The molecular formula is C50H37B2N. The van der Waals surface area contributed by atoms with Gasteiger partial charge >= 0.3 is 0 Å². The van der Waals surface area contributed by atoms with E-state index in [1.54, 1.807) is 0 Å². The van der Waals surface area contributed by atoms with Crippen molar-refractivity contribution in [3.8, 4) is 33.4 Å². The van der Waals surface area contributed by atoms with Crippen molar-refractivity contribution in [2.45, 2.75) is 13.8 Å². The van der Waals surface area contributed by atoms with Crippen LogP contribution in [-0.2, 0) is 0 Å². The standard InChI is InChI=1S/C50H37B2N/c1-34-24-26-44-48(28-34)53-49-29-35(2)25-27-45(49)52(43-23-13-21-40(31-43)37-16-8-4-9-17-37)47-33-41(38-18-10-5-11-19-38)32-46(50(47)53)51(44)42-22-12-20-39(30-42)36-14-6-3-7-15-36/h3-33H,1-2H3. The smallest absolute Gasteiger partial charge is 0.246 e. The van der Waals surface area contributed by atoms with Crippen LogP contribution in [0.15, 0.2) is 188 Å². The first-order chi connectivity index (χ1) is 26.1. The van der Waals surface area contributed by atoms with E-state index < -0.39 is 0 Å². The van der Waals surface area contributed by atoms with Crippen molar-refractivity contribution in [2.75, 3.05) is 4.90 Å². The molecule has 0 N–H and O–H groups in total. The molecule has 53 heavy (non-hydrogen) atoms. The number of aryl methyl sites for hydroxylation is 2. The molecule has 0 spiro atoms. The summed E-state index contributed by atoms with van der Waals surface area (Å²) >= 11 is 0. The van der Waals surface area contributed by atoms with Crippen molar-refractivity contribution in [3.63, 3.8) is 0 Å². The van der Waals surface area contributed by atoms with Gasteiger partial charge in [0, 0.05) is 17.1 Å². The maximum absolute atomic E-state index is 2.60. The molecule has 0 radical (unpaired) electrons. The van der Waals surface area contributed by atoms with E-state index in [1.165, 1.54) is 94.3 Å². The third-order valence-corrected chi connectivity index (χ3v) is 11.3. The highest BCUT2D eigenvalue weighted by atomic mass is 15.2. The first-order valence-corrected chi connectivity index (χ1v) is 18.7. The number of rotatable bonds is 5. The van der Waals surface area contributed by atoms with Crippen LogP contribution in [0.4, 0.5) is 17.1 Å². The summed E-state index contributed by atoms with van der Waals surface area (Å²) in [6.07, 6.45) is 0. The minimum Gasteiger partial charge on any atom is -0.313 e. The molecule has 0 saturated heterocycles. The van der Waals surface area contributed by atoms with Crippen molar-refractivity contribution >= 4 is 63.3 Å². The summed E-state index contributed by atoms with van der Waals surface area (Å²) in [7, 11) is 0. The molecule has 0 saturated carbocycles. The fourth-order valence-electron chi connectivity index (χ4n) is 8.84. The summed E-state index contributed by atoms with van der Waals surface area (Å²) in [4.78, 5) is 2.60. The molecule has 3 heteroatoms. The summed E-state index contributed by atoms with van der Waals surface area (Å²) in [6, 6.07) is 70.1. The van der Waals surface area contributed by atoms with Crippen molar-refractivity contribution in [1.29, 1.82) is 0 Å². The Bertz CT molecular complexity index is 2490. The van der Waals surface area contributed by atoms with Gasteiger partial charge in [-0.2, -0.15) is 0 Å². The molecule has 0 aliphatic carbocycles. The Balaban J connectivity index is 1.29. The van der Waals surface area contributed by atoms with Crippen LogP contribution < -0.4 is 37.7 Å². The Kier molecular flexibility index (Phi) is 7.54. The first-order valence-electron chi connectivity index (χ1n) is 18.7. The van der Waals surface area contributed by atoms with Crippen LogP contribution in [-0.4, -0.2) is 13.4 Å². The Labute approximate surface area is 313 Å². The van der Waals surface area contributed by atoms with E-state index in [1.807, 2.05) is 0 Å². The van der Waals surface area contributed by atoms with Crippen LogP contribution in [0.5, 0.6) is 0 Å². The second kappa shape index (κ2) is 12.7. The third kappa shape index (κ3) is 5.35. The fourth-order valence-corrected chi connectivity index (χ4v) is 8.84. The van der Waals surface area contributed by atoms with E-state index >= 15 is 0 Å². The molecule has 0 amide bonds. The molecule has 248 valence electrons. The quantitative estimate of drug-likeness (QED) is 0.166. The van der Waals surface area contributed by atoms with Crippen LogP contribution in [0.25, 0.3) is 33.4 Å². The number of hydrogen-bond acceptors (Lipinski definition) is 1. The highest BCUT2D eigenvalue weighted by molar-refractivity contribution is 7.02. The highest BCUT2D eigenvalue weighted by Gasteiger charge is 2.44. The molecule has 0 aromatic heterocycles. The average molecular weight is 673 g/mol. The Hall–Kier alpha value is -6.31. The molecule has 2 aliphatic rings. The third-order valence-electron chi connectivity index (χ3n) is 11.3. The van der Waals surface area contributed by atoms with Crippen molar-refractivity contribution in [3.05, 3.63) is 199 Å². The van der Waals surface area contributed by atoms with Crippen LogP contribution in [0, 0.1) is 13.8 Å². The molecule has 0 fully saturated rings. The lowest BCUT2D eigenvalue weighted by atomic mass is 9.30. The zero-order valence-electron chi connectivity index (χ0n) is 30.0. The molecule has 0 bridgehead atoms. The first kappa shape index (κ1) is 31.4. The summed E-state index contributed by atoms with van der Waals surface area (Å²) in [6.45, 7) is 4.54. The molecule has 0 unspecified atom stereocenters. The summed E-state index contributed by atoms with van der Waals surface area (Å²) in [5.74, 6) is 0. The maximum atomic E-state index is 2.60. The van der Waals surface area contributed by atoms with E-state index in [4.69, 9.17) is 0 Å². The van der Waals surface area contributed by atoms with Crippen molar-refractivity contribution in [2.24, 2.45) is 0 Å². The Morgan fingerprint density at radius 1 is 0.321 bits per heavy atom. The number of hydrogen-bond donors (Lipinski definition) is 0. The van der Waals surface area contributed by atoms with Gasteiger partial charge in [0.1, 0.15) is 0 Å². The van der Waals surface area contributed by atoms with Gasteiger partial charge in [-0.15, -0.1) is 0 Å². The summed E-state index contributed by atoms with van der Waals surface area (Å²) in [5.41, 5.74) is 21.8. The molecule has 2 aliphatic heterocycles. The molecule has 8 aromatic carbocycles. The summed E-state index contributed by atoms with van der Waals surface area (Å²) < 4.78 is 0. The monoisotopic (exact) mass is 673 g/mol. The molecule has 2 heterocycles. The average Bonchev–Trinajstić information content (AvgIpc) is 3.22. The van der Waals surface area contributed by atoms with E-state index in [2.05, 4.69) is 207 Å². The van der Waals surface area contributed by atoms with Gasteiger partial charge in [0.15, 0.2) is 0 Å².